The van der Waals surface area contributed by atoms with Crippen LogP contribution in [0.1, 0.15) is 56.5 Å². The number of hydrogen-bond donors (Lipinski definition) is 1. The number of esters is 1. The standard InChI is InChI=1S/C20H28BNO5/c1-19(2)20(3,4)27-21(26-19)16(13-22)12-14-6-8-15(9-7-14)17(23)10-11-18(24)25-5/h6-9,12H,10-11,13,22H2,1-5H3. The zero-order valence-corrected chi connectivity index (χ0v) is 16.7. The molecule has 0 saturated carbocycles. The molecule has 6 nitrogen and oxygen atoms in total. The van der Waals surface area contributed by atoms with Crippen molar-refractivity contribution in [1.29, 1.82) is 0 Å². The molecule has 0 aliphatic carbocycles. The van der Waals surface area contributed by atoms with Gasteiger partial charge in [0.25, 0.3) is 0 Å². The van der Waals surface area contributed by atoms with Crippen LogP contribution in [0.4, 0.5) is 0 Å². The van der Waals surface area contributed by atoms with Gasteiger partial charge in [0.2, 0.25) is 0 Å². The third kappa shape index (κ3) is 5.06. The summed E-state index contributed by atoms with van der Waals surface area (Å²) in [5.74, 6) is -0.487. The predicted molar refractivity (Wildman–Crippen MR) is 105 cm³/mol. The maximum Gasteiger partial charge on any atom is 0.491 e. The Balaban J connectivity index is 2.09. The average Bonchev–Trinajstić information content (AvgIpc) is 2.85. The van der Waals surface area contributed by atoms with Crippen LogP contribution in [0.25, 0.3) is 6.08 Å². The highest BCUT2D eigenvalue weighted by molar-refractivity contribution is 6.55. The first-order valence-corrected chi connectivity index (χ1v) is 9.06. The number of rotatable bonds is 7. The van der Waals surface area contributed by atoms with Gasteiger partial charge in [-0.15, -0.1) is 0 Å². The van der Waals surface area contributed by atoms with E-state index < -0.39 is 24.3 Å². The summed E-state index contributed by atoms with van der Waals surface area (Å²) in [6, 6.07) is 7.16. The van der Waals surface area contributed by atoms with Crippen molar-refractivity contribution in [2.24, 2.45) is 5.73 Å². The van der Waals surface area contributed by atoms with E-state index in [0.29, 0.717) is 12.1 Å². The first kappa shape index (κ1) is 21.3. The van der Waals surface area contributed by atoms with Gasteiger partial charge < -0.3 is 19.8 Å². The summed E-state index contributed by atoms with van der Waals surface area (Å²) in [4.78, 5) is 23.3. The molecular weight excluding hydrogens is 345 g/mol. The summed E-state index contributed by atoms with van der Waals surface area (Å²) in [6.45, 7) is 8.29. The molecule has 1 fully saturated rings. The van der Waals surface area contributed by atoms with E-state index in [1.807, 2.05) is 45.9 Å². The van der Waals surface area contributed by atoms with Gasteiger partial charge >= 0.3 is 13.1 Å². The predicted octanol–water partition coefficient (Wildman–Crippen LogP) is 2.80. The first-order chi connectivity index (χ1) is 12.6. The molecule has 1 aromatic rings. The van der Waals surface area contributed by atoms with Gasteiger partial charge in [0, 0.05) is 18.5 Å². The Morgan fingerprint density at radius 3 is 2.11 bits per heavy atom. The number of ether oxygens (including phenoxy) is 1. The van der Waals surface area contributed by atoms with E-state index >= 15 is 0 Å². The molecule has 0 spiro atoms. The van der Waals surface area contributed by atoms with E-state index in [1.54, 1.807) is 12.1 Å². The van der Waals surface area contributed by atoms with Gasteiger partial charge in [-0.2, -0.15) is 0 Å². The van der Waals surface area contributed by atoms with Crippen LogP contribution < -0.4 is 5.73 Å². The van der Waals surface area contributed by atoms with Crippen molar-refractivity contribution >= 4 is 24.9 Å². The molecule has 0 atom stereocenters. The molecule has 0 unspecified atom stereocenters. The largest absolute Gasteiger partial charge is 0.491 e. The third-order valence-electron chi connectivity index (χ3n) is 5.16. The highest BCUT2D eigenvalue weighted by atomic mass is 16.7. The van der Waals surface area contributed by atoms with Crippen molar-refractivity contribution in [1.82, 2.24) is 0 Å². The van der Waals surface area contributed by atoms with Crippen LogP contribution in [0.3, 0.4) is 0 Å². The Morgan fingerprint density at radius 2 is 1.63 bits per heavy atom. The van der Waals surface area contributed by atoms with Crippen molar-refractivity contribution in [3.8, 4) is 0 Å². The Bertz CT molecular complexity index is 708. The lowest BCUT2D eigenvalue weighted by atomic mass is 9.77. The van der Waals surface area contributed by atoms with Crippen LogP contribution in [0.15, 0.2) is 29.7 Å². The van der Waals surface area contributed by atoms with Gasteiger partial charge in [-0.05, 0) is 38.7 Å². The summed E-state index contributed by atoms with van der Waals surface area (Å²) in [6.07, 6.45) is 2.13. The van der Waals surface area contributed by atoms with Crippen LogP contribution in [0.2, 0.25) is 0 Å². The van der Waals surface area contributed by atoms with E-state index in [2.05, 4.69) is 4.74 Å². The molecule has 27 heavy (non-hydrogen) atoms. The molecule has 0 radical (unpaired) electrons. The molecule has 1 aliphatic heterocycles. The van der Waals surface area contributed by atoms with E-state index in [-0.39, 0.29) is 18.6 Å². The van der Waals surface area contributed by atoms with Crippen molar-refractivity contribution in [2.45, 2.75) is 51.7 Å². The van der Waals surface area contributed by atoms with E-state index in [4.69, 9.17) is 15.0 Å². The number of ketones is 1. The molecule has 0 bridgehead atoms. The van der Waals surface area contributed by atoms with Gasteiger partial charge in [0.05, 0.1) is 24.7 Å². The third-order valence-corrected chi connectivity index (χ3v) is 5.16. The Hall–Kier alpha value is -1.96. The lowest BCUT2D eigenvalue weighted by Gasteiger charge is -2.32. The summed E-state index contributed by atoms with van der Waals surface area (Å²) < 4.78 is 16.7. The van der Waals surface area contributed by atoms with Gasteiger partial charge in [-0.3, -0.25) is 9.59 Å². The fourth-order valence-corrected chi connectivity index (χ4v) is 2.66. The lowest BCUT2D eigenvalue weighted by Crippen LogP contribution is -2.41. The number of carbonyl (C=O) groups is 2. The summed E-state index contributed by atoms with van der Waals surface area (Å²) in [7, 11) is 0.810. The van der Waals surface area contributed by atoms with Crippen LogP contribution in [0.5, 0.6) is 0 Å². The Labute approximate surface area is 161 Å². The number of nitrogens with two attached hydrogens (primary N) is 1. The number of benzene rings is 1. The smallest absolute Gasteiger partial charge is 0.469 e. The SMILES string of the molecule is COC(=O)CCC(=O)c1ccc(C=C(CN)B2OC(C)(C)C(C)(C)O2)cc1. The highest BCUT2D eigenvalue weighted by Crippen LogP contribution is 2.38. The van der Waals surface area contributed by atoms with Crippen LogP contribution >= 0.6 is 0 Å². The van der Waals surface area contributed by atoms with Crippen molar-refractivity contribution in [3.63, 3.8) is 0 Å². The topological polar surface area (TPSA) is 87.9 Å². The van der Waals surface area contributed by atoms with E-state index in [0.717, 1.165) is 11.0 Å². The Kier molecular flexibility index (Phi) is 6.62. The number of carbonyl (C=O) groups excluding carboxylic acids is 2. The minimum atomic E-state index is -0.499. The van der Waals surface area contributed by atoms with Gasteiger partial charge in [0.15, 0.2) is 5.78 Å². The average molecular weight is 373 g/mol. The van der Waals surface area contributed by atoms with Crippen LogP contribution in [-0.2, 0) is 18.8 Å². The quantitative estimate of drug-likeness (QED) is 0.449. The molecule has 1 aromatic carbocycles. The number of Topliss-reactive ketones (excluding diaryl/α,β-unsaturated/α-hetero) is 1. The molecule has 0 amide bonds. The molecule has 1 heterocycles. The van der Waals surface area contributed by atoms with Gasteiger partial charge in [-0.1, -0.05) is 30.3 Å². The molecule has 7 heteroatoms. The van der Waals surface area contributed by atoms with Crippen molar-refractivity contribution in [3.05, 3.63) is 40.9 Å². The second kappa shape index (κ2) is 8.38. The molecule has 1 saturated heterocycles. The fraction of sp³-hybridized carbons (Fsp3) is 0.500. The molecule has 0 aromatic heterocycles. The minimum Gasteiger partial charge on any atom is -0.469 e. The molecule has 1 aliphatic rings. The van der Waals surface area contributed by atoms with Gasteiger partial charge in [-0.25, -0.2) is 0 Å². The lowest BCUT2D eigenvalue weighted by molar-refractivity contribution is -0.140. The second-order valence-electron chi connectivity index (χ2n) is 7.63. The maximum absolute atomic E-state index is 12.1. The minimum absolute atomic E-state index is 0.0796. The summed E-state index contributed by atoms with van der Waals surface area (Å²) in [5, 5.41) is 0. The molecule has 146 valence electrons. The van der Waals surface area contributed by atoms with Crippen molar-refractivity contribution in [2.75, 3.05) is 13.7 Å². The zero-order chi connectivity index (χ0) is 20.2. The first-order valence-electron chi connectivity index (χ1n) is 9.06. The maximum atomic E-state index is 12.1. The Morgan fingerprint density at radius 1 is 1.07 bits per heavy atom. The monoisotopic (exact) mass is 373 g/mol. The van der Waals surface area contributed by atoms with E-state index in [1.165, 1.54) is 7.11 Å². The number of hydrogen-bond acceptors (Lipinski definition) is 6. The van der Waals surface area contributed by atoms with Crippen LogP contribution in [0, 0.1) is 0 Å². The summed E-state index contributed by atoms with van der Waals surface area (Å²) in [5.41, 5.74) is 7.34. The van der Waals surface area contributed by atoms with Crippen LogP contribution in [-0.4, -0.2) is 43.7 Å². The highest BCUT2D eigenvalue weighted by Gasteiger charge is 2.52. The number of methoxy groups -OCH3 is 1. The zero-order valence-electron chi connectivity index (χ0n) is 16.7. The molecular formula is C20H28BNO5. The van der Waals surface area contributed by atoms with Gasteiger partial charge in [0.1, 0.15) is 0 Å². The van der Waals surface area contributed by atoms with Crippen molar-refractivity contribution < 1.29 is 23.6 Å². The summed E-state index contributed by atoms with van der Waals surface area (Å²) >= 11 is 0. The molecule has 2 N–H and O–H groups in total. The normalized spacial score (nSPS) is 18.4. The molecule has 2 rings (SSSR count). The fourth-order valence-electron chi connectivity index (χ4n) is 2.66. The second-order valence-corrected chi connectivity index (χ2v) is 7.63. The van der Waals surface area contributed by atoms with E-state index in [9.17, 15) is 9.59 Å².